The molecule has 4 rings (SSSR count). The van der Waals surface area contributed by atoms with E-state index in [1.165, 1.54) is 0 Å². The third-order valence-electron chi connectivity index (χ3n) is 4.78. The summed E-state index contributed by atoms with van der Waals surface area (Å²) in [4.78, 5) is 4.30. The first-order chi connectivity index (χ1) is 12.4. The fourth-order valence-corrected chi connectivity index (χ4v) is 3.93. The molecule has 1 unspecified atom stereocenters. The van der Waals surface area contributed by atoms with Crippen LogP contribution in [-0.2, 0) is 10.3 Å². The Hall–Kier alpha value is -1.99. The van der Waals surface area contributed by atoms with Gasteiger partial charge in [-0.25, -0.2) is 8.78 Å². The van der Waals surface area contributed by atoms with Crippen molar-refractivity contribution < 1.29 is 18.3 Å². The van der Waals surface area contributed by atoms with Crippen LogP contribution in [0.15, 0.2) is 58.0 Å². The number of ether oxygens (including phenoxy) is 2. The first-order valence-corrected chi connectivity index (χ1v) is 9.02. The van der Waals surface area contributed by atoms with Crippen molar-refractivity contribution in [1.82, 2.24) is 0 Å². The molecule has 0 aliphatic carbocycles. The van der Waals surface area contributed by atoms with Crippen molar-refractivity contribution in [3.63, 3.8) is 0 Å². The number of aliphatic imine (C=N–C) groups is 1. The van der Waals surface area contributed by atoms with Gasteiger partial charge < -0.3 is 15.2 Å². The van der Waals surface area contributed by atoms with Crippen molar-refractivity contribution in [3.8, 4) is 5.75 Å². The lowest BCUT2D eigenvalue weighted by molar-refractivity contribution is -0.136. The lowest BCUT2D eigenvalue weighted by Crippen LogP contribution is -2.50. The quantitative estimate of drug-likeness (QED) is 0.749. The van der Waals surface area contributed by atoms with Crippen LogP contribution in [0.5, 0.6) is 5.75 Å². The predicted octanol–water partition coefficient (Wildman–Crippen LogP) is 4.19. The van der Waals surface area contributed by atoms with E-state index in [2.05, 4.69) is 20.9 Å². The summed E-state index contributed by atoms with van der Waals surface area (Å²) in [5.74, 6) is -2.80. The monoisotopic (exact) mass is 422 g/mol. The molecule has 1 spiro atoms. The average molecular weight is 423 g/mol. The van der Waals surface area contributed by atoms with E-state index in [9.17, 15) is 0 Å². The van der Waals surface area contributed by atoms with Crippen molar-refractivity contribution in [2.24, 2.45) is 10.7 Å². The van der Waals surface area contributed by atoms with Crippen LogP contribution in [0.3, 0.4) is 0 Å². The van der Waals surface area contributed by atoms with Crippen LogP contribution in [0.2, 0.25) is 0 Å². The molecular weight excluding hydrogens is 406 g/mol. The molecule has 26 heavy (non-hydrogen) atoms. The Morgan fingerprint density at radius 2 is 1.92 bits per heavy atom. The highest BCUT2D eigenvalue weighted by molar-refractivity contribution is 9.10. The number of nitrogens with zero attached hydrogens (tertiary/aromatic N) is 1. The summed E-state index contributed by atoms with van der Waals surface area (Å²) < 4.78 is 42.5. The molecule has 0 aromatic heterocycles. The van der Waals surface area contributed by atoms with Crippen LogP contribution in [0, 0.1) is 0 Å². The predicted molar refractivity (Wildman–Crippen MR) is 97.6 cm³/mol. The number of rotatable bonds is 1. The molecular formula is C19H17BrF2N2O2. The molecule has 2 aromatic rings. The van der Waals surface area contributed by atoms with Crippen LogP contribution < -0.4 is 10.5 Å². The molecule has 2 aliphatic rings. The third kappa shape index (κ3) is 2.79. The van der Waals surface area contributed by atoms with Crippen LogP contribution >= 0.6 is 15.9 Å². The number of amidine groups is 1. The summed E-state index contributed by atoms with van der Waals surface area (Å²) in [7, 11) is 0. The maximum atomic E-state index is 15.3. The van der Waals surface area contributed by atoms with Gasteiger partial charge in [-0.1, -0.05) is 46.3 Å². The third-order valence-corrected chi connectivity index (χ3v) is 5.27. The Labute approximate surface area is 158 Å². The summed E-state index contributed by atoms with van der Waals surface area (Å²) in [6.45, 7) is -0.859. The first kappa shape index (κ1) is 17.4. The molecule has 2 heterocycles. The van der Waals surface area contributed by atoms with Gasteiger partial charge >= 0.3 is 0 Å². The maximum absolute atomic E-state index is 15.3. The molecule has 0 amide bonds. The van der Waals surface area contributed by atoms with Gasteiger partial charge in [-0.2, -0.15) is 0 Å². The van der Waals surface area contributed by atoms with Gasteiger partial charge in [0.2, 0.25) is 0 Å². The van der Waals surface area contributed by atoms with Gasteiger partial charge in [0.05, 0.1) is 0 Å². The molecule has 0 bridgehead atoms. The Bertz CT molecular complexity index is 860. The van der Waals surface area contributed by atoms with Crippen LogP contribution in [0.4, 0.5) is 8.78 Å². The van der Waals surface area contributed by atoms with E-state index in [0.717, 1.165) is 5.56 Å². The zero-order valence-electron chi connectivity index (χ0n) is 13.8. The second-order valence-corrected chi connectivity index (χ2v) is 7.44. The van der Waals surface area contributed by atoms with Gasteiger partial charge in [0, 0.05) is 16.5 Å². The topological polar surface area (TPSA) is 56.8 Å². The lowest BCUT2D eigenvalue weighted by atomic mass is 9.76. The average Bonchev–Trinajstić information content (AvgIpc) is 2.72. The zero-order chi connectivity index (χ0) is 18.4. The van der Waals surface area contributed by atoms with E-state index in [-0.39, 0.29) is 18.9 Å². The number of alkyl halides is 2. The van der Waals surface area contributed by atoms with Crippen molar-refractivity contribution in [1.29, 1.82) is 0 Å². The van der Waals surface area contributed by atoms with E-state index >= 15 is 8.78 Å². The zero-order valence-corrected chi connectivity index (χ0v) is 15.4. The highest BCUT2D eigenvalue weighted by atomic mass is 79.9. The molecule has 2 aliphatic heterocycles. The van der Waals surface area contributed by atoms with Crippen LogP contribution in [-0.4, -0.2) is 25.0 Å². The fourth-order valence-electron chi connectivity index (χ4n) is 3.57. The molecule has 0 saturated heterocycles. The smallest absolute Gasteiger partial charge is 0.299 e. The first-order valence-electron chi connectivity index (χ1n) is 8.23. The number of hydrogen-bond acceptors (Lipinski definition) is 4. The largest absolute Gasteiger partial charge is 0.485 e. The van der Waals surface area contributed by atoms with Gasteiger partial charge in [-0.05, 0) is 23.8 Å². The van der Waals surface area contributed by atoms with Gasteiger partial charge in [0.25, 0.3) is 5.92 Å². The standard InChI is InChI=1S/C19H17BrF2N2O2/c20-13-6-7-15-14(8-13)18(19(21,22)11-25-10-17(23)24-18)9-16(26-15)12-4-2-1-3-5-12/h1-8,16H,9-11H2,(H2,23,24)/t16?,18-/m1/s1. The molecule has 2 N–H and O–H groups in total. The Morgan fingerprint density at radius 1 is 1.15 bits per heavy atom. The number of halogens is 3. The van der Waals surface area contributed by atoms with Gasteiger partial charge in [0.1, 0.15) is 30.9 Å². The van der Waals surface area contributed by atoms with Crippen LogP contribution in [0.1, 0.15) is 23.7 Å². The summed E-state index contributed by atoms with van der Waals surface area (Å²) in [6, 6.07) is 14.4. The van der Waals surface area contributed by atoms with Crippen molar-refractivity contribution in [2.75, 3.05) is 13.2 Å². The highest BCUT2D eigenvalue weighted by Crippen LogP contribution is 2.55. The van der Waals surface area contributed by atoms with E-state index in [4.69, 9.17) is 15.2 Å². The summed E-state index contributed by atoms with van der Waals surface area (Å²) in [5, 5.41) is 0. The van der Waals surface area contributed by atoms with E-state index in [1.54, 1.807) is 18.2 Å². The van der Waals surface area contributed by atoms with E-state index in [1.807, 2.05) is 30.3 Å². The van der Waals surface area contributed by atoms with Gasteiger partial charge in [-0.15, -0.1) is 0 Å². The SMILES string of the molecule is NC1=N[C@@]2(CC(c3ccccc3)Oc3ccc(Br)cc32)C(F)(F)COC1. The summed E-state index contributed by atoms with van der Waals surface area (Å²) >= 11 is 3.36. The van der Waals surface area contributed by atoms with E-state index in [0.29, 0.717) is 15.8 Å². The van der Waals surface area contributed by atoms with Gasteiger partial charge in [-0.3, -0.25) is 4.99 Å². The molecule has 2 atom stereocenters. The summed E-state index contributed by atoms with van der Waals surface area (Å²) in [6.07, 6.45) is -0.595. The normalized spacial score (nSPS) is 27.2. The number of benzene rings is 2. The van der Waals surface area contributed by atoms with Crippen molar-refractivity contribution in [2.45, 2.75) is 24.0 Å². The van der Waals surface area contributed by atoms with E-state index < -0.39 is 24.2 Å². The molecule has 0 fully saturated rings. The van der Waals surface area contributed by atoms with Crippen molar-refractivity contribution >= 4 is 21.8 Å². The maximum Gasteiger partial charge on any atom is 0.299 e. The Morgan fingerprint density at radius 3 is 2.69 bits per heavy atom. The molecule has 4 nitrogen and oxygen atoms in total. The molecule has 136 valence electrons. The summed E-state index contributed by atoms with van der Waals surface area (Å²) in [5.41, 5.74) is 5.17. The highest BCUT2D eigenvalue weighted by Gasteiger charge is 2.60. The molecule has 0 saturated carbocycles. The second kappa shape index (κ2) is 6.32. The van der Waals surface area contributed by atoms with Crippen LogP contribution in [0.25, 0.3) is 0 Å². The minimum Gasteiger partial charge on any atom is -0.485 e. The number of nitrogens with two attached hydrogens (primary N) is 1. The molecule has 7 heteroatoms. The second-order valence-electron chi connectivity index (χ2n) is 6.52. The Balaban J connectivity index is 1.94. The van der Waals surface area contributed by atoms with Crippen molar-refractivity contribution in [3.05, 3.63) is 64.1 Å². The lowest BCUT2D eigenvalue weighted by Gasteiger charge is -2.43. The fraction of sp³-hybridized carbons (Fsp3) is 0.316. The number of hydrogen-bond donors (Lipinski definition) is 1. The number of fused-ring (bicyclic) bond motifs is 2. The minimum absolute atomic E-state index is 0.0302. The van der Waals surface area contributed by atoms with Gasteiger partial charge in [0.15, 0.2) is 5.54 Å². The molecule has 0 radical (unpaired) electrons. The molecule has 2 aromatic carbocycles. The minimum atomic E-state index is -3.24. The Kier molecular flexibility index (Phi) is 4.23.